The van der Waals surface area contributed by atoms with E-state index in [1.54, 1.807) is 23.6 Å². The monoisotopic (exact) mass is 282 g/mol. The van der Waals surface area contributed by atoms with E-state index >= 15 is 0 Å². The van der Waals surface area contributed by atoms with E-state index in [0.717, 1.165) is 18.5 Å². The predicted octanol–water partition coefficient (Wildman–Crippen LogP) is 2.47. The molecule has 2 aromatic heterocycles. The summed E-state index contributed by atoms with van der Waals surface area (Å²) in [5.41, 5.74) is 2.07. The minimum atomic E-state index is -3.22. The number of nitrogens with one attached hydrogen (secondary N) is 1. The molecule has 2 rings (SSSR count). The zero-order valence-electron chi connectivity index (χ0n) is 10.2. The molecular weight excluding hydrogens is 268 g/mol. The molecule has 0 fully saturated rings. The number of pyridine rings is 1. The van der Waals surface area contributed by atoms with E-state index in [-0.39, 0.29) is 5.03 Å². The molecule has 6 heteroatoms. The lowest BCUT2D eigenvalue weighted by Gasteiger charge is -2.06. The van der Waals surface area contributed by atoms with E-state index in [1.165, 1.54) is 16.5 Å². The first-order chi connectivity index (χ1) is 8.47. The van der Waals surface area contributed by atoms with Crippen LogP contribution in [0.3, 0.4) is 0 Å². The molecule has 0 bridgehead atoms. The molecule has 0 atom stereocenters. The first kappa shape index (κ1) is 13.0. The van der Waals surface area contributed by atoms with E-state index in [4.69, 9.17) is 0 Å². The fourth-order valence-corrected chi connectivity index (χ4v) is 2.88. The van der Waals surface area contributed by atoms with Crippen LogP contribution in [0.1, 0.15) is 10.4 Å². The summed E-state index contributed by atoms with van der Waals surface area (Å²) in [7, 11) is -3.22. The van der Waals surface area contributed by atoms with Crippen LogP contribution in [-0.4, -0.2) is 19.7 Å². The molecule has 0 saturated carbocycles. The molecule has 0 aromatic carbocycles. The molecular formula is C12H14N2O2S2. The standard InChI is InChI=1S/C12H14N2O2S2/c1-9-5-6-17-11(9)8-13-10-3-4-12(14-7-10)18(2,15)16/h3-7,13H,8H2,1-2H3. The Hall–Kier alpha value is -1.40. The number of hydrogen-bond donors (Lipinski definition) is 1. The van der Waals surface area contributed by atoms with Gasteiger partial charge in [-0.15, -0.1) is 11.3 Å². The van der Waals surface area contributed by atoms with Gasteiger partial charge in [-0.25, -0.2) is 13.4 Å². The van der Waals surface area contributed by atoms with Crippen LogP contribution in [0.4, 0.5) is 5.69 Å². The van der Waals surface area contributed by atoms with Crippen molar-refractivity contribution in [1.82, 2.24) is 4.98 Å². The number of nitrogens with zero attached hydrogens (tertiary/aromatic N) is 1. The Morgan fingerprint density at radius 3 is 2.61 bits per heavy atom. The maximum absolute atomic E-state index is 11.3. The summed E-state index contributed by atoms with van der Waals surface area (Å²) in [6.07, 6.45) is 2.69. The van der Waals surface area contributed by atoms with E-state index in [1.807, 2.05) is 0 Å². The van der Waals surface area contributed by atoms with E-state index in [0.29, 0.717) is 0 Å². The summed E-state index contributed by atoms with van der Waals surface area (Å²) in [5, 5.41) is 5.37. The van der Waals surface area contributed by atoms with E-state index in [9.17, 15) is 8.42 Å². The fraction of sp³-hybridized carbons (Fsp3) is 0.250. The minimum Gasteiger partial charge on any atom is -0.379 e. The molecule has 0 aliphatic heterocycles. The number of aromatic nitrogens is 1. The highest BCUT2D eigenvalue weighted by Gasteiger charge is 2.08. The number of anilines is 1. The van der Waals surface area contributed by atoms with Crippen LogP contribution in [-0.2, 0) is 16.4 Å². The van der Waals surface area contributed by atoms with Crippen LogP contribution in [0, 0.1) is 6.92 Å². The predicted molar refractivity (Wildman–Crippen MR) is 73.7 cm³/mol. The lowest BCUT2D eigenvalue weighted by Crippen LogP contribution is -2.03. The second-order valence-corrected chi connectivity index (χ2v) is 7.00. The van der Waals surface area contributed by atoms with Crippen molar-refractivity contribution < 1.29 is 8.42 Å². The van der Waals surface area contributed by atoms with Gasteiger partial charge in [-0.1, -0.05) is 0 Å². The number of sulfone groups is 1. The summed E-state index contributed by atoms with van der Waals surface area (Å²) >= 11 is 1.70. The second-order valence-electron chi connectivity index (χ2n) is 4.04. The summed E-state index contributed by atoms with van der Waals surface area (Å²) < 4.78 is 22.5. The van der Waals surface area contributed by atoms with Crippen LogP contribution >= 0.6 is 11.3 Å². The SMILES string of the molecule is Cc1ccsc1CNc1ccc(S(C)(=O)=O)nc1. The smallest absolute Gasteiger partial charge is 0.192 e. The van der Waals surface area contributed by atoms with E-state index < -0.39 is 9.84 Å². The maximum atomic E-state index is 11.3. The maximum Gasteiger partial charge on any atom is 0.192 e. The van der Waals surface area contributed by atoms with Crippen LogP contribution in [0.2, 0.25) is 0 Å². The van der Waals surface area contributed by atoms with Gasteiger partial charge in [-0.05, 0) is 36.1 Å². The Balaban J connectivity index is 2.05. The summed E-state index contributed by atoms with van der Waals surface area (Å²) in [6, 6.07) is 5.32. The van der Waals surface area contributed by atoms with Crippen molar-refractivity contribution in [2.75, 3.05) is 11.6 Å². The third kappa shape index (κ3) is 3.08. The van der Waals surface area contributed by atoms with Crippen molar-refractivity contribution in [2.24, 2.45) is 0 Å². The molecule has 0 aliphatic rings. The quantitative estimate of drug-likeness (QED) is 0.936. The number of hydrogen-bond acceptors (Lipinski definition) is 5. The first-order valence-corrected chi connectivity index (χ1v) is 8.17. The van der Waals surface area contributed by atoms with Crippen molar-refractivity contribution in [3.8, 4) is 0 Å². The number of thiophene rings is 1. The Bertz CT molecular complexity index is 630. The van der Waals surface area contributed by atoms with Crippen molar-refractivity contribution >= 4 is 26.9 Å². The van der Waals surface area contributed by atoms with Crippen LogP contribution in [0.25, 0.3) is 0 Å². The van der Waals surface area contributed by atoms with Crippen LogP contribution in [0.5, 0.6) is 0 Å². The van der Waals surface area contributed by atoms with Gasteiger partial charge < -0.3 is 5.32 Å². The molecule has 2 heterocycles. The average molecular weight is 282 g/mol. The van der Waals surface area contributed by atoms with Gasteiger partial charge >= 0.3 is 0 Å². The van der Waals surface area contributed by atoms with Gasteiger partial charge in [0.25, 0.3) is 0 Å². The van der Waals surface area contributed by atoms with Gasteiger partial charge in [-0.2, -0.15) is 0 Å². The lowest BCUT2D eigenvalue weighted by atomic mass is 10.3. The molecule has 1 N–H and O–H groups in total. The normalized spacial score (nSPS) is 11.4. The molecule has 0 aliphatic carbocycles. The molecule has 0 saturated heterocycles. The Morgan fingerprint density at radius 2 is 2.11 bits per heavy atom. The molecule has 18 heavy (non-hydrogen) atoms. The highest BCUT2D eigenvalue weighted by atomic mass is 32.2. The Labute approximate surface area is 111 Å². The molecule has 2 aromatic rings. The zero-order chi connectivity index (χ0) is 13.2. The van der Waals surface area contributed by atoms with Crippen molar-refractivity contribution in [2.45, 2.75) is 18.5 Å². The largest absolute Gasteiger partial charge is 0.379 e. The molecule has 96 valence electrons. The fourth-order valence-electron chi connectivity index (χ4n) is 1.47. The highest BCUT2D eigenvalue weighted by molar-refractivity contribution is 7.90. The van der Waals surface area contributed by atoms with Gasteiger partial charge in [0.2, 0.25) is 0 Å². The first-order valence-electron chi connectivity index (χ1n) is 5.40. The molecule has 0 spiro atoms. The molecule has 0 unspecified atom stereocenters. The van der Waals surface area contributed by atoms with Gasteiger partial charge in [0, 0.05) is 17.7 Å². The molecule has 0 amide bonds. The average Bonchev–Trinajstić information content (AvgIpc) is 2.72. The Kier molecular flexibility index (Phi) is 3.68. The van der Waals surface area contributed by atoms with Crippen molar-refractivity contribution in [1.29, 1.82) is 0 Å². The summed E-state index contributed by atoms with van der Waals surface area (Å²) in [4.78, 5) is 5.19. The van der Waals surface area contributed by atoms with Crippen LogP contribution in [0.15, 0.2) is 34.8 Å². The third-order valence-corrected chi connectivity index (χ3v) is 4.56. The van der Waals surface area contributed by atoms with Crippen LogP contribution < -0.4 is 5.32 Å². The molecule has 4 nitrogen and oxygen atoms in total. The summed E-state index contributed by atoms with van der Waals surface area (Å²) in [6.45, 7) is 2.79. The van der Waals surface area contributed by atoms with Gasteiger partial charge in [0.1, 0.15) is 0 Å². The second kappa shape index (κ2) is 5.07. The number of rotatable bonds is 4. The third-order valence-electron chi connectivity index (χ3n) is 2.54. The Morgan fingerprint density at radius 1 is 1.33 bits per heavy atom. The minimum absolute atomic E-state index is 0.0976. The lowest BCUT2D eigenvalue weighted by molar-refractivity contribution is 0.598. The molecule has 0 radical (unpaired) electrons. The number of aryl methyl sites for hydroxylation is 1. The summed E-state index contributed by atoms with van der Waals surface area (Å²) in [5.74, 6) is 0. The zero-order valence-corrected chi connectivity index (χ0v) is 11.8. The van der Waals surface area contributed by atoms with Crippen molar-refractivity contribution in [3.63, 3.8) is 0 Å². The highest BCUT2D eigenvalue weighted by Crippen LogP contribution is 2.17. The van der Waals surface area contributed by atoms with Gasteiger partial charge in [0.15, 0.2) is 14.9 Å². The van der Waals surface area contributed by atoms with Gasteiger partial charge in [-0.3, -0.25) is 0 Å². The topological polar surface area (TPSA) is 59.1 Å². The van der Waals surface area contributed by atoms with Crippen molar-refractivity contribution in [3.05, 3.63) is 40.2 Å². The van der Waals surface area contributed by atoms with E-state index in [2.05, 4.69) is 28.7 Å². The van der Waals surface area contributed by atoms with Gasteiger partial charge in [0.05, 0.1) is 11.9 Å².